The third kappa shape index (κ3) is 2.97. The highest BCUT2D eigenvalue weighted by atomic mass is 35.5. The van der Waals surface area contributed by atoms with E-state index >= 15 is 0 Å². The van der Waals surface area contributed by atoms with Crippen molar-refractivity contribution in [2.75, 3.05) is 4.90 Å². The Morgan fingerprint density at radius 3 is 2.91 bits per heavy atom. The lowest BCUT2D eigenvalue weighted by Gasteiger charge is -2.32. The fraction of sp³-hybridized carbons (Fsp3) is 0.500. The van der Waals surface area contributed by atoms with Crippen molar-refractivity contribution in [1.29, 1.82) is 0 Å². The monoisotopic (exact) mass is 339 g/mol. The van der Waals surface area contributed by atoms with Gasteiger partial charge in [-0.3, -0.25) is 9.69 Å². The van der Waals surface area contributed by atoms with Crippen LogP contribution in [0, 0.1) is 5.92 Å². The number of benzene rings is 1. The number of fused-ring (bicyclic) bond motifs is 1. The number of anilines is 1. The first-order valence-electron chi connectivity index (χ1n) is 7.50. The Bertz CT molecular complexity index is 593. The van der Waals surface area contributed by atoms with Crippen molar-refractivity contribution in [3.63, 3.8) is 0 Å². The molecule has 2 aliphatic rings. The molecular weight excluding hydrogens is 322 g/mol. The second-order valence-electron chi connectivity index (χ2n) is 5.59. The van der Waals surface area contributed by atoms with Gasteiger partial charge in [0.25, 0.3) is 0 Å². The molecule has 0 saturated heterocycles. The Hall–Kier alpha value is -1.20. The van der Waals surface area contributed by atoms with Crippen LogP contribution < -0.4 is 4.90 Å². The van der Waals surface area contributed by atoms with Gasteiger partial charge in [-0.05, 0) is 31.9 Å². The molecular formula is C16H18ClNO3S. The molecule has 4 nitrogen and oxygen atoms in total. The van der Waals surface area contributed by atoms with Gasteiger partial charge in [-0.2, -0.15) is 0 Å². The van der Waals surface area contributed by atoms with Gasteiger partial charge < -0.3 is 4.74 Å². The van der Waals surface area contributed by atoms with Crippen LogP contribution in [-0.2, 0) is 9.53 Å². The summed E-state index contributed by atoms with van der Waals surface area (Å²) in [5.41, 5.74) is 0.103. The van der Waals surface area contributed by atoms with E-state index < -0.39 is 11.7 Å². The van der Waals surface area contributed by atoms with Gasteiger partial charge in [0.15, 0.2) is 5.56 Å². The molecule has 1 saturated carbocycles. The molecule has 6 heteroatoms. The van der Waals surface area contributed by atoms with E-state index in [4.69, 9.17) is 16.3 Å². The molecule has 1 amide bonds. The first-order chi connectivity index (χ1) is 10.6. The Labute approximate surface area is 139 Å². The van der Waals surface area contributed by atoms with Crippen LogP contribution in [0.3, 0.4) is 0 Å². The lowest BCUT2D eigenvalue weighted by Crippen LogP contribution is -2.44. The number of amides is 1. The quantitative estimate of drug-likeness (QED) is 0.749. The van der Waals surface area contributed by atoms with Crippen molar-refractivity contribution in [2.24, 2.45) is 5.92 Å². The zero-order chi connectivity index (χ0) is 15.7. The van der Waals surface area contributed by atoms with Crippen molar-refractivity contribution < 1.29 is 14.3 Å². The number of halogens is 1. The van der Waals surface area contributed by atoms with E-state index in [-0.39, 0.29) is 17.1 Å². The summed E-state index contributed by atoms with van der Waals surface area (Å²) in [4.78, 5) is 27.4. The van der Waals surface area contributed by atoms with Crippen LogP contribution in [0.25, 0.3) is 0 Å². The van der Waals surface area contributed by atoms with Crippen molar-refractivity contribution in [2.45, 2.75) is 48.4 Å². The largest absolute Gasteiger partial charge is 0.430 e. The summed E-state index contributed by atoms with van der Waals surface area (Å²) in [6, 6.07) is 7.67. The van der Waals surface area contributed by atoms with Gasteiger partial charge >= 0.3 is 6.09 Å². The summed E-state index contributed by atoms with van der Waals surface area (Å²) >= 11 is 7.37. The molecule has 1 aromatic carbocycles. The van der Waals surface area contributed by atoms with Gasteiger partial charge in [0, 0.05) is 17.2 Å². The van der Waals surface area contributed by atoms with Crippen LogP contribution >= 0.6 is 23.4 Å². The third-order valence-corrected chi connectivity index (χ3v) is 5.50. The minimum atomic E-state index is -0.701. The lowest BCUT2D eigenvalue weighted by atomic mass is 9.87. The lowest BCUT2D eigenvalue weighted by molar-refractivity contribution is -0.124. The van der Waals surface area contributed by atoms with Crippen molar-refractivity contribution in [1.82, 2.24) is 0 Å². The number of thioether (sulfide) groups is 1. The summed E-state index contributed by atoms with van der Waals surface area (Å²) in [7, 11) is 0. The van der Waals surface area contributed by atoms with E-state index in [1.165, 1.54) is 0 Å². The second kappa shape index (κ2) is 6.50. The molecule has 1 heterocycles. The van der Waals surface area contributed by atoms with Crippen LogP contribution in [0.1, 0.15) is 32.6 Å². The smallest absolute Gasteiger partial charge is 0.416 e. The minimum absolute atomic E-state index is 0.135. The number of rotatable bonds is 2. The molecule has 0 bridgehead atoms. The third-order valence-electron chi connectivity index (χ3n) is 4.03. The molecule has 0 spiro atoms. The molecule has 1 aliphatic carbocycles. The summed E-state index contributed by atoms with van der Waals surface area (Å²) < 4.78 is 5.18. The molecule has 1 aliphatic heterocycles. The number of carbonyl (C=O) groups excluding carboxylic acids is 2. The van der Waals surface area contributed by atoms with Gasteiger partial charge in [0.2, 0.25) is 0 Å². The number of hydrogen-bond acceptors (Lipinski definition) is 4. The van der Waals surface area contributed by atoms with E-state index in [2.05, 4.69) is 0 Å². The van der Waals surface area contributed by atoms with E-state index in [0.29, 0.717) is 6.42 Å². The Balaban J connectivity index is 1.92. The predicted octanol–water partition coefficient (Wildman–Crippen LogP) is 4.41. The second-order valence-corrected chi connectivity index (χ2v) is 7.36. The normalized spacial score (nSPS) is 25.7. The zero-order valence-electron chi connectivity index (χ0n) is 12.3. The number of ether oxygens (including phenoxy) is 1. The fourth-order valence-electron chi connectivity index (χ4n) is 3.05. The number of carbonyl (C=O) groups is 2. The van der Waals surface area contributed by atoms with Gasteiger partial charge in [-0.15, -0.1) is 0 Å². The molecule has 1 fully saturated rings. The van der Waals surface area contributed by atoms with Crippen LogP contribution in [0.15, 0.2) is 29.2 Å². The van der Waals surface area contributed by atoms with Crippen LogP contribution in [0.2, 0.25) is 0 Å². The summed E-state index contributed by atoms with van der Waals surface area (Å²) in [5, 5.41) is -0.229. The molecule has 3 atom stereocenters. The number of para-hydroxylation sites is 1. The average Bonchev–Trinajstić information content (AvgIpc) is 2.86. The van der Waals surface area contributed by atoms with Crippen LogP contribution in [0.4, 0.5) is 10.5 Å². The summed E-state index contributed by atoms with van der Waals surface area (Å²) in [6.07, 6.45) is 2.92. The maximum Gasteiger partial charge on any atom is 0.416 e. The van der Waals surface area contributed by atoms with E-state index in [1.54, 1.807) is 23.6 Å². The Morgan fingerprint density at radius 2 is 2.18 bits per heavy atom. The summed E-state index contributed by atoms with van der Waals surface area (Å²) in [5.74, 6) is 0.109. The number of Topliss-reactive ketones (excluding diaryl/α,β-unsaturated/α-hetero) is 1. The molecule has 0 radical (unpaired) electrons. The Morgan fingerprint density at radius 1 is 1.41 bits per heavy atom. The van der Waals surface area contributed by atoms with Gasteiger partial charge in [-0.25, -0.2) is 4.79 Å². The predicted molar refractivity (Wildman–Crippen MR) is 87.3 cm³/mol. The molecule has 118 valence electrons. The zero-order valence-corrected chi connectivity index (χ0v) is 13.9. The van der Waals surface area contributed by atoms with E-state index in [0.717, 1.165) is 29.8 Å². The van der Waals surface area contributed by atoms with Crippen molar-refractivity contribution >= 4 is 40.9 Å². The van der Waals surface area contributed by atoms with Crippen LogP contribution in [-0.4, -0.2) is 22.8 Å². The SMILES string of the molecule is CC(Cl)OC(=O)N1c2ccccc2SC1C1CCCCC1=O. The van der Waals surface area contributed by atoms with Gasteiger partial charge in [0.1, 0.15) is 11.2 Å². The first kappa shape index (κ1) is 15.7. The number of alkyl halides is 1. The molecule has 3 unspecified atom stereocenters. The maximum atomic E-state index is 12.5. The average molecular weight is 340 g/mol. The Kier molecular flexibility index (Phi) is 4.64. The van der Waals surface area contributed by atoms with E-state index in [1.807, 2.05) is 24.3 Å². The number of ketones is 1. The maximum absolute atomic E-state index is 12.5. The van der Waals surface area contributed by atoms with Crippen molar-refractivity contribution in [3.05, 3.63) is 24.3 Å². The first-order valence-corrected chi connectivity index (χ1v) is 8.82. The fourth-order valence-corrected chi connectivity index (χ4v) is 4.59. The van der Waals surface area contributed by atoms with Gasteiger partial charge in [-0.1, -0.05) is 41.9 Å². The highest BCUT2D eigenvalue weighted by Crippen LogP contribution is 2.48. The minimum Gasteiger partial charge on any atom is -0.430 e. The molecule has 1 aromatic rings. The summed E-state index contributed by atoms with van der Waals surface area (Å²) in [6.45, 7) is 1.61. The van der Waals surface area contributed by atoms with E-state index in [9.17, 15) is 9.59 Å². The standard InChI is InChI=1S/C16H18ClNO3S/c1-10(17)21-16(20)18-12-7-3-5-9-14(12)22-15(18)11-6-2-4-8-13(11)19/h3,5,7,9-11,15H,2,4,6,8H2,1H3. The molecule has 0 N–H and O–H groups in total. The van der Waals surface area contributed by atoms with Gasteiger partial charge in [0.05, 0.1) is 5.69 Å². The van der Waals surface area contributed by atoms with Crippen LogP contribution in [0.5, 0.6) is 0 Å². The van der Waals surface area contributed by atoms with Crippen molar-refractivity contribution in [3.8, 4) is 0 Å². The molecule has 22 heavy (non-hydrogen) atoms. The number of hydrogen-bond donors (Lipinski definition) is 0. The highest BCUT2D eigenvalue weighted by molar-refractivity contribution is 8.00. The molecule has 3 rings (SSSR count). The number of nitrogens with zero attached hydrogens (tertiary/aromatic N) is 1. The molecule has 0 aromatic heterocycles. The highest BCUT2D eigenvalue weighted by Gasteiger charge is 2.43. The topological polar surface area (TPSA) is 46.6 Å².